The number of fused-ring (bicyclic) bond motifs is 1. The van der Waals surface area contributed by atoms with Gasteiger partial charge in [-0.25, -0.2) is 4.79 Å². The van der Waals surface area contributed by atoms with Crippen molar-refractivity contribution in [2.45, 2.75) is 26.5 Å². The molecule has 1 atom stereocenters. The Hall–Kier alpha value is -5.12. The van der Waals surface area contributed by atoms with E-state index in [9.17, 15) is 19.2 Å². The van der Waals surface area contributed by atoms with E-state index >= 15 is 0 Å². The number of pyridine rings is 2. The van der Waals surface area contributed by atoms with Crippen molar-refractivity contribution >= 4 is 34.7 Å². The van der Waals surface area contributed by atoms with Gasteiger partial charge in [0.05, 0.1) is 11.6 Å². The summed E-state index contributed by atoms with van der Waals surface area (Å²) in [5.74, 6) is -1.59. The highest BCUT2D eigenvalue weighted by molar-refractivity contribution is 6.19. The van der Waals surface area contributed by atoms with Crippen LogP contribution in [-0.2, 0) is 16.2 Å². The number of carbonyl (C=O) groups excluding carboxylic acids is 4. The SMILES string of the molecule is Cc1cc(COc2ccc(C(=O)NC(c3ccncc3)C3(C)C(=O)NC(=O)NC3=O)cc2)c2ccccc2n1. The summed E-state index contributed by atoms with van der Waals surface area (Å²) < 4.78 is 5.99. The zero-order chi connectivity index (χ0) is 27.6. The fourth-order valence-electron chi connectivity index (χ4n) is 4.57. The summed E-state index contributed by atoms with van der Waals surface area (Å²) in [6, 6.07) is 17.6. The van der Waals surface area contributed by atoms with E-state index in [-0.39, 0.29) is 0 Å². The number of ether oxygens (including phenoxy) is 1. The van der Waals surface area contributed by atoms with Gasteiger partial charge in [-0.05, 0) is 67.9 Å². The van der Waals surface area contributed by atoms with E-state index in [2.05, 4.69) is 25.9 Å². The number of carbonyl (C=O) groups is 4. The minimum atomic E-state index is -1.79. The van der Waals surface area contributed by atoms with Gasteiger partial charge < -0.3 is 10.1 Å². The summed E-state index contributed by atoms with van der Waals surface area (Å²) in [4.78, 5) is 59.1. The average Bonchev–Trinajstić information content (AvgIpc) is 2.93. The highest BCUT2D eigenvalue weighted by Crippen LogP contribution is 2.36. The Morgan fingerprint density at radius 3 is 2.33 bits per heavy atom. The Morgan fingerprint density at radius 2 is 1.64 bits per heavy atom. The maximum Gasteiger partial charge on any atom is 0.328 e. The standard InChI is InChI=1S/C29H25N5O5/c1-17-15-20(22-5-3-4-6-23(22)31-17)16-39-21-9-7-19(8-10-21)25(35)32-24(18-11-13-30-14-12-18)29(2)26(36)33-28(38)34-27(29)37/h3-15,24H,16H2,1-2H3,(H,32,35)(H2,33,34,36,37,38). The number of benzene rings is 2. The highest BCUT2D eigenvalue weighted by Gasteiger charge is 2.53. The number of urea groups is 1. The second kappa shape index (κ2) is 10.3. The van der Waals surface area contributed by atoms with Crippen LogP contribution >= 0.6 is 0 Å². The molecule has 5 amide bonds. The van der Waals surface area contributed by atoms with Gasteiger partial charge >= 0.3 is 6.03 Å². The van der Waals surface area contributed by atoms with Crippen LogP contribution in [0.1, 0.15) is 40.1 Å². The van der Waals surface area contributed by atoms with Crippen LogP contribution in [0.25, 0.3) is 10.9 Å². The summed E-state index contributed by atoms with van der Waals surface area (Å²) in [6.45, 7) is 3.62. The maximum atomic E-state index is 13.3. The summed E-state index contributed by atoms with van der Waals surface area (Å²) in [5, 5.41) is 8.03. The molecule has 3 N–H and O–H groups in total. The number of imide groups is 2. The average molecular weight is 524 g/mol. The van der Waals surface area contributed by atoms with Gasteiger partial charge in [0.1, 0.15) is 17.8 Å². The highest BCUT2D eigenvalue weighted by atomic mass is 16.5. The van der Waals surface area contributed by atoms with E-state index in [0.29, 0.717) is 23.5 Å². The van der Waals surface area contributed by atoms with Crippen LogP contribution in [0.2, 0.25) is 0 Å². The Morgan fingerprint density at radius 1 is 0.974 bits per heavy atom. The number of amides is 5. The van der Waals surface area contributed by atoms with Gasteiger partial charge in [0.2, 0.25) is 11.8 Å². The van der Waals surface area contributed by atoms with Crippen molar-refractivity contribution < 1.29 is 23.9 Å². The lowest BCUT2D eigenvalue weighted by atomic mass is 9.76. The summed E-state index contributed by atoms with van der Waals surface area (Å²) >= 11 is 0. The fraction of sp³-hybridized carbons (Fsp3) is 0.172. The molecule has 1 aliphatic heterocycles. The summed E-state index contributed by atoms with van der Waals surface area (Å²) in [5.41, 5.74) is 1.75. The van der Waals surface area contributed by atoms with Gasteiger partial charge in [0.25, 0.3) is 5.91 Å². The molecular formula is C29H25N5O5. The van der Waals surface area contributed by atoms with Crippen molar-refractivity contribution in [2.75, 3.05) is 0 Å². The van der Waals surface area contributed by atoms with E-state index in [4.69, 9.17) is 4.74 Å². The third-order valence-corrected chi connectivity index (χ3v) is 6.73. The molecule has 1 saturated heterocycles. The first-order valence-corrected chi connectivity index (χ1v) is 12.2. The lowest BCUT2D eigenvalue weighted by molar-refractivity contribution is -0.145. The van der Waals surface area contributed by atoms with Gasteiger partial charge in [0, 0.05) is 34.6 Å². The van der Waals surface area contributed by atoms with Gasteiger partial charge in [-0.1, -0.05) is 18.2 Å². The molecule has 0 bridgehead atoms. The zero-order valence-electron chi connectivity index (χ0n) is 21.2. The quantitative estimate of drug-likeness (QED) is 0.316. The van der Waals surface area contributed by atoms with Crippen LogP contribution < -0.4 is 20.7 Å². The molecule has 5 rings (SSSR count). The summed E-state index contributed by atoms with van der Waals surface area (Å²) in [6.07, 6.45) is 2.97. The number of para-hydroxylation sites is 1. The molecule has 0 spiro atoms. The van der Waals surface area contributed by atoms with Crippen LogP contribution in [0, 0.1) is 12.3 Å². The van der Waals surface area contributed by atoms with Gasteiger partial charge in [0.15, 0.2) is 0 Å². The predicted molar refractivity (Wildman–Crippen MR) is 141 cm³/mol. The predicted octanol–water partition coefficient (Wildman–Crippen LogP) is 3.36. The van der Waals surface area contributed by atoms with Crippen molar-refractivity contribution in [2.24, 2.45) is 5.41 Å². The van der Waals surface area contributed by atoms with Gasteiger partial charge in [-0.3, -0.25) is 35.0 Å². The molecule has 1 unspecified atom stereocenters. The monoisotopic (exact) mass is 523 g/mol. The molecule has 3 heterocycles. The van der Waals surface area contributed by atoms with E-state index in [0.717, 1.165) is 22.2 Å². The van der Waals surface area contributed by atoms with Crippen LogP contribution in [-0.4, -0.2) is 33.7 Å². The Balaban J connectivity index is 1.34. The van der Waals surface area contributed by atoms with E-state index in [1.807, 2.05) is 37.3 Å². The number of aromatic nitrogens is 2. The number of nitrogens with one attached hydrogen (secondary N) is 3. The third kappa shape index (κ3) is 5.04. The molecule has 196 valence electrons. The molecule has 0 aliphatic carbocycles. The smallest absolute Gasteiger partial charge is 0.328 e. The molecule has 39 heavy (non-hydrogen) atoms. The van der Waals surface area contributed by atoms with E-state index in [1.54, 1.807) is 36.4 Å². The Kier molecular flexibility index (Phi) is 6.76. The maximum absolute atomic E-state index is 13.3. The lowest BCUT2D eigenvalue weighted by Gasteiger charge is -2.37. The number of aryl methyl sites for hydroxylation is 1. The molecule has 10 heteroatoms. The third-order valence-electron chi connectivity index (χ3n) is 6.73. The van der Waals surface area contributed by atoms with Crippen molar-refractivity contribution in [3.8, 4) is 5.75 Å². The number of rotatable bonds is 7. The molecule has 2 aromatic heterocycles. The molecular weight excluding hydrogens is 498 g/mol. The number of hydrogen-bond acceptors (Lipinski definition) is 7. The second-order valence-corrected chi connectivity index (χ2v) is 9.38. The minimum absolute atomic E-state index is 0.294. The summed E-state index contributed by atoms with van der Waals surface area (Å²) in [7, 11) is 0. The van der Waals surface area contributed by atoms with Crippen molar-refractivity contribution in [1.82, 2.24) is 25.9 Å². The van der Waals surface area contributed by atoms with E-state index in [1.165, 1.54) is 19.3 Å². The second-order valence-electron chi connectivity index (χ2n) is 9.38. The molecule has 4 aromatic rings. The van der Waals surface area contributed by atoms with E-state index < -0.39 is 35.2 Å². The molecule has 0 radical (unpaired) electrons. The topological polar surface area (TPSA) is 139 Å². The van der Waals surface area contributed by atoms with Crippen molar-refractivity contribution in [3.05, 3.63) is 102 Å². The first-order valence-electron chi connectivity index (χ1n) is 12.2. The van der Waals surface area contributed by atoms with Gasteiger partial charge in [-0.2, -0.15) is 0 Å². The zero-order valence-corrected chi connectivity index (χ0v) is 21.2. The normalized spacial score (nSPS) is 15.3. The Labute approximate surface area is 223 Å². The van der Waals surface area contributed by atoms with Crippen molar-refractivity contribution in [1.29, 1.82) is 0 Å². The molecule has 1 aliphatic rings. The molecule has 1 fully saturated rings. The van der Waals surface area contributed by atoms with Crippen LogP contribution in [0.3, 0.4) is 0 Å². The number of nitrogens with zero attached hydrogens (tertiary/aromatic N) is 2. The van der Waals surface area contributed by atoms with Crippen LogP contribution in [0.15, 0.2) is 79.1 Å². The fourth-order valence-corrected chi connectivity index (χ4v) is 4.57. The number of hydrogen-bond donors (Lipinski definition) is 3. The van der Waals surface area contributed by atoms with Gasteiger partial charge in [-0.15, -0.1) is 0 Å². The minimum Gasteiger partial charge on any atom is -0.489 e. The first kappa shape index (κ1) is 25.5. The molecule has 2 aromatic carbocycles. The molecule has 10 nitrogen and oxygen atoms in total. The number of barbiturate groups is 1. The van der Waals surface area contributed by atoms with Crippen molar-refractivity contribution in [3.63, 3.8) is 0 Å². The Bertz CT molecular complexity index is 1570. The molecule has 0 saturated carbocycles. The van der Waals surface area contributed by atoms with Crippen LogP contribution in [0.4, 0.5) is 4.79 Å². The first-order chi connectivity index (χ1) is 18.8. The lowest BCUT2D eigenvalue weighted by Crippen LogP contribution is -2.65. The van der Waals surface area contributed by atoms with Crippen LogP contribution in [0.5, 0.6) is 5.75 Å². The largest absolute Gasteiger partial charge is 0.489 e.